The van der Waals surface area contributed by atoms with E-state index in [9.17, 15) is 0 Å². The molecule has 0 saturated heterocycles. The molecule has 0 radical (unpaired) electrons. The summed E-state index contributed by atoms with van der Waals surface area (Å²) in [6, 6.07) is 12.4. The number of nitrogens with zero attached hydrogens (tertiary/aromatic N) is 2. The van der Waals surface area contributed by atoms with Crippen molar-refractivity contribution in [3.63, 3.8) is 0 Å². The van der Waals surface area contributed by atoms with Gasteiger partial charge in [-0.1, -0.05) is 37.3 Å². The molecule has 4 nitrogen and oxygen atoms in total. The topological polar surface area (TPSA) is 47.0 Å². The molecule has 21 heavy (non-hydrogen) atoms. The summed E-state index contributed by atoms with van der Waals surface area (Å²) in [5.74, 6) is 1.94. The quantitative estimate of drug-likeness (QED) is 0.839. The Hall–Kier alpha value is -2.10. The summed E-state index contributed by atoms with van der Waals surface area (Å²) < 4.78 is 5.56. The predicted molar refractivity (Wildman–Crippen MR) is 85.8 cm³/mol. The van der Waals surface area contributed by atoms with Gasteiger partial charge < -0.3 is 10.1 Å². The van der Waals surface area contributed by atoms with Crippen LogP contribution in [0, 0.1) is 0 Å². The molecule has 2 aromatic rings. The molecule has 0 saturated carbocycles. The maximum Gasteiger partial charge on any atom is 0.218 e. The smallest absolute Gasteiger partial charge is 0.218 e. The fourth-order valence-corrected chi connectivity index (χ4v) is 2.11. The van der Waals surface area contributed by atoms with Crippen molar-refractivity contribution in [1.29, 1.82) is 0 Å². The van der Waals surface area contributed by atoms with Crippen LogP contribution in [0.3, 0.4) is 0 Å². The van der Waals surface area contributed by atoms with E-state index in [1.165, 1.54) is 11.9 Å². The van der Waals surface area contributed by atoms with Crippen molar-refractivity contribution in [2.45, 2.75) is 39.2 Å². The number of aromatic nitrogens is 2. The van der Waals surface area contributed by atoms with E-state index in [2.05, 4.69) is 46.5 Å². The van der Waals surface area contributed by atoms with Crippen LogP contribution in [0.2, 0.25) is 0 Å². The number of rotatable bonds is 7. The molecule has 1 heterocycles. The van der Waals surface area contributed by atoms with E-state index in [1.807, 2.05) is 26.0 Å². The molecule has 0 aliphatic rings. The lowest BCUT2D eigenvalue weighted by Crippen LogP contribution is -2.10. The van der Waals surface area contributed by atoms with Crippen molar-refractivity contribution in [3.05, 3.63) is 48.3 Å². The Morgan fingerprint density at radius 3 is 2.57 bits per heavy atom. The maximum atomic E-state index is 5.56. The Labute approximate surface area is 126 Å². The van der Waals surface area contributed by atoms with Gasteiger partial charge in [0.05, 0.1) is 6.10 Å². The summed E-state index contributed by atoms with van der Waals surface area (Å²) in [5.41, 5.74) is 1.37. The van der Waals surface area contributed by atoms with Gasteiger partial charge >= 0.3 is 0 Å². The van der Waals surface area contributed by atoms with Crippen molar-refractivity contribution >= 4 is 5.82 Å². The third-order valence-electron chi connectivity index (χ3n) is 3.25. The van der Waals surface area contributed by atoms with Gasteiger partial charge in [0.15, 0.2) is 0 Å². The van der Waals surface area contributed by atoms with E-state index < -0.39 is 0 Å². The highest BCUT2D eigenvalue weighted by atomic mass is 16.5. The summed E-state index contributed by atoms with van der Waals surface area (Å²) in [6.07, 6.45) is 2.69. The minimum absolute atomic E-state index is 0.117. The van der Waals surface area contributed by atoms with Gasteiger partial charge in [-0.15, -0.1) is 0 Å². The van der Waals surface area contributed by atoms with Crippen molar-refractivity contribution < 1.29 is 4.74 Å². The van der Waals surface area contributed by atoms with Crippen molar-refractivity contribution in [2.75, 3.05) is 11.9 Å². The standard InChI is InChI=1S/C17H23N3O/c1-13(2)21-17-11-16(19-12-20-17)18-10-9-14(3)15-7-5-4-6-8-15/h4-8,11-14H,9-10H2,1-3H3,(H,18,19,20). The SMILES string of the molecule is CC(C)Oc1cc(NCCC(C)c2ccccc2)ncn1. The first-order valence-electron chi connectivity index (χ1n) is 7.42. The molecule has 112 valence electrons. The van der Waals surface area contributed by atoms with Crippen molar-refractivity contribution in [1.82, 2.24) is 9.97 Å². The van der Waals surface area contributed by atoms with Crippen LogP contribution in [0.5, 0.6) is 5.88 Å². The molecule has 0 amide bonds. The third-order valence-corrected chi connectivity index (χ3v) is 3.25. The van der Waals surface area contributed by atoms with Gasteiger partial charge in [-0.3, -0.25) is 0 Å². The van der Waals surface area contributed by atoms with Crippen molar-refractivity contribution in [2.24, 2.45) is 0 Å². The van der Waals surface area contributed by atoms with Gasteiger partial charge in [-0.2, -0.15) is 0 Å². The minimum atomic E-state index is 0.117. The molecule has 2 rings (SSSR count). The Balaban J connectivity index is 1.83. The molecular formula is C17H23N3O. The second-order valence-electron chi connectivity index (χ2n) is 5.44. The highest BCUT2D eigenvalue weighted by molar-refractivity contribution is 5.37. The minimum Gasteiger partial charge on any atom is -0.475 e. The maximum absolute atomic E-state index is 5.56. The van der Waals surface area contributed by atoms with E-state index in [4.69, 9.17) is 4.74 Å². The highest BCUT2D eigenvalue weighted by Gasteiger charge is 2.05. The molecule has 1 aromatic heterocycles. The Kier molecular flexibility index (Phi) is 5.55. The van der Waals surface area contributed by atoms with E-state index in [1.54, 1.807) is 0 Å². The average Bonchev–Trinajstić information content (AvgIpc) is 2.48. The molecular weight excluding hydrogens is 262 g/mol. The van der Waals surface area contributed by atoms with E-state index in [-0.39, 0.29) is 6.10 Å². The molecule has 1 unspecified atom stereocenters. The number of nitrogens with one attached hydrogen (secondary N) is 1. The number of hydrogen-bond acceptors (Lipinski definition) is 4. The summed E-state index contributed by atoms with van der Waals surface area (Å²) in [5, 5.41) is 3.33. The molecule has 0 fully saturated rings. The number of benzene rings is 1. The summed E-state index contributed by atoms with van der Waals surface area (Å²) >= 11 is 0. The molecule has 1 aromatic carbocycles. The lowest BCUT2D eigenvalue weighted by molar-refractivity contribution is 0.232. The second kappa shape index (κ2) is 7.62. The fourth-order valence-electron chi connectivity index (χ4n) is 2.11. The molecule has 0 aliphatic carbocycles. The van der Waals surface area contributed by atoms with Crippen LogP contribution in [0.25, 0.3) is 0 Å². The second-order valence-corrected chi connectivity index (χ2v) is 5.44. The first-order chi connectivity index (χ1) is 10.1. The van der Waals surface area contributed by atoms with Crippen molar-refractivity contribution in [3.8, 4) is 5.88 Å². The Bertz CT molecular complexity index is 543. The first kappa shape index (κ1) is 15.3. The van der Waals surface area contributed by atoms with Crippen LogP contribution in [0.15, 0.2) is 42.7 Å². The van der Waals surface area contributed by atoms with Crippen LogP contribution in [-0.4, -0.2) is 22.6 Å². The third kappa shape index (κ3) is 5.06. The lowest BCUT2D eigenvalue weighted by Gasteiger charge is -2.13. The molecule has 0 aliphatic heterocycles. The highest BCUT2D eigenvalue weighted by Crippen LogP contribution is 2.19. The van der Waals surface area contributed by atoms with Gasteiger partial charge in [0.25, 0.3) is 0 Å². The molecule has 0 bridgehead atoms. The summed E-state index contributed by atoms with van der Waals surface area (Å²) in [7, 11) is 0. The normalized spacial score (nSPS) is 12.2. The first-order valence-corrected chi connectivity index (χ1v) is 7.42. The molecule has 1 N–H and O–H groups in total. The Morgan fingerprint density at radius 2 is 1.86 bits per heavy atom. The van der Waals surface area contributed by atoms with Gasteiger partial charge in [0.2, 0.25) is 5.88 Å². The number of ether oxygens (including phenoxy) is 1. The van der Waals surface area contributed by atoms with Crippen LogP contribution in [-0.2, 0) is 0 Å². The van der Waals surface area contributed by atoms with Crippen LogP contribution < -0.4 is 10.1 Å². The fraction of sp³-hybridized carbons (Fsp3) is 0.412. The number of hydrogen-bond donors (Lipinski definition) is 1. The average molecular weight is 285 g/mol. The number of anilines is 1. The molecule has 0 spiro atoms. The lowest BCUT2D eigenvalue weighted by atomic mass is 9.98. The van der Waals surface area contributed by atoms with Gasteiger partial charge in [-0.05, 0) is 31.7 Å². The van der Waals surface area contributed by atoms with Gasteiger partial charge in [0.1, 0.15) is 12.1 Å². The zero-order chi connectivity index (χ0) is 15.1. The largest absolute Gasteiger partial charge is 0.475 e. The Morgan fingerprint density at radius 1 is 1.10 bits per heavy atom. The predicted octanol–water partition coefficient (Wildman–Crippen LogP) is 3.87. The van der Waals surface area contributed by atoms with Gasteiger partial charge in [-0.25, -0.2) is 9.97 Å². The van der Waals surface area contributed by atoms with Crippen LogP contribution in [0.1, 0.15) is 38.7 Å². The van der Waals surface area contributed by atoms with E-state index >= 15 is 0 Å². The van der Waals surface area contributed by atoms with E-state index in [0.717, 1.165) is 18.8 Å². The monoisotopic (exact) mass is 285 g/mol. The van der Waals surface area contributed by atoms with Crippen LogP contribution >= 0.6 is 0 Å². The van der Waals surface area contributed by atoms with E-state index in [0.29, 0.717) is 11.8 Å². The van der Waals surface area contributed by atoms with Crippen LogP contribution in [0.4, 0.5) is 5.82 Å². The zero-order valence-corrected chi connectivity index (χ0v) is 12.9. The molecule has 4 heteroatoms. The zero-order valence-electron chi connectivity index (χ0n) is 12.9. The van der Waals surface area contributed by atoms with Gasteiger partial charge in [0, 0.05) is 12.6 Å². The summed E-state index contributed by atoms with van der Waals surface area (Å²) in [6.45, 7) is 7.08. The molecule has 1 atom stereocenters. The summed E-state index contributed by atoms with van der Waals surface area (Å²) in [4.78, 5) is 8.31.